The van der Waals surface area contributed by atoms with Crippen LogP contribution in [0.15, 0.2) is 127 Å². The first-order valence-electron chi connectivity index (χ1n) is 13.1. The molecule has 0 amide bonds. The van der Waals surface area contributed by atoms with Crippen molar-refractivity contribution >= 4 is 23.1 Å². The van der Waals surface area contributed by atoms with Crippen molar-refractivity contribution in [3.8, 4) is 17.2 Å². The second kappa shape index (κ2) is 11.0. The number of methoxy groups -OCH3 is 1. The molecular formula is C35H33O3P. The van der Waals surface area contributed by atoms with Gasteiger partial charge in [0, 0.05) is 21.3 Å². The van der Waals surface area contributed by atoms with Crippen LogP contribution < -0.4 is 25.4 Å². The Labute approximate surface area is 231 Å². The van der Waals surface area contributed by atoms with Crippen molar-refractivity contribution < 1.29 is 14.0 Å². The Morgan fingerprint density at radius 2 is 0.949 bits per heavy atom. The lowest BCUT2D eigenvalue weighted by molar-refractivity contribution is 0.414. The predicted molar refractivity (Wildman–Crippen MR) is 162 cm³/mol. The fourth-order valence-corrected chi connectivity index (χ4v) is 7.44. The molecule has 0 heterocycles. The Kier molecular flexibility index (Phi) is 7.46. The topological polar surface area (TPSA) is 35.5 Å². The first-order chi connectivity index (χ1) is 18.8. The molecule has 0 aliphatic rings. The number of ether oxygens (including phenoxy) is 2. The maximum atomic E-state index is 14.6. The van der Waals surface area contributed by atoms with Gasteiger partial charge in [0.05, 0.1) is 7.11 Å². The van der Waals surface area contributed by atoms with Crippen LogP contribution in [-0.4, -0.2) is 7.11 Å². The van der Waals surface area contributed by atoms with Crippen LogP contribution in [0.4, 0.5) is 0 Å². The zero-order valence-electron chi connectivity index (χ0n) is 22.8. The van der Waals surface area contributed by atoms with Gasteiger partial charge < -0.3 is 14.0 Å². The third kappa shape index (κ3) is 5.41. The van der Waals surface area contributed by atoms with E-state index in [1.165, 1.54) is 11.1 Å². The van der Waals surface area contributed by atoms with Gasteiger partial charge in [0.2, 0.25) is 0 Å². The fraction of sp³-hybridized carbons (Fsp3) is 0.143. The van der Waals surface area contributed by atoms with Crippen LogP contribution in [0.2, 0.25) is 0 Å². The molecule has 5 aromatic rings. The normalized spacial score (nSPS) is 12.9. The van der Waals surface area contributed by atoms with Gasteiger partial charge in [0.1, 0.15) is 17.2 Å². The molecule has 0 bridgehead atoms. The summed E-state index contributed by atoms with van der Waals surface area (Å²) in [5, 5.41) is 2.42. The molecule has 1 unspecified atom stereocenters. The van der Waals surface area contributed by atoms with E-state index in [4.69, 9.17) is 9.47 Å². The van der Waals surface area contributed by atoms with Crippen LogP contribution >= 0.6 is 7.14 Å². The van der Waals surface area contributed by atoms with Gasteiger partial charge in [-0.2, -0.15) is 0 Å². The summed E-state index contributed by atoms with van der Waals surface area (Å²) in [7, 11) is -1.34. The monoisotopic (exact) mass is 532 g/mol. The van der Waals surface area contributed by atoms with Gasteiger partial charge in [0.15, 0.2) is 7.14 Å². The Morgan fingerprint density at radius 3 is 1.44 bits per heavy atom. The Bertz CT molecular complexity index is 1570. The molecular weight excluding hydrogens is 499 g/mol. The smallest absolute Gasteiger partial charge is 0.171 e. The van der Waals surface area contributed by atoms with Gasteiger partial charge in [0.25, 0.3) is 0 Å². The fourth-order valence-electron chi connectivity index (χ4n) is 4.81. The van der Waals surface area contributed by atoms with Gasteiger partial charge >= 0.3 is 0 Å². The molecule has 3 nitrogen and oxygen atoms in total. The van der Waals surface area contributed by atoms with Crippen LogP contribution in [-0.2, 0) is 9.98 Å². The zero-order valence-corrected chi connectivity index (χ0v) is 23.7. The van der Waals surface area contributed by atoms with E-state index in [1.807, 2.05) is 110 Å². The molecule has 0 aliphatic heterocycles. The first-order valence-corrected chi connectivity index (χ1v) is 14.8. The van der Waals surface area contributed by atoms with Crippen molar-refractivity contribution in [1.82, 2.24) is 0 Å². The molecule has 5 aromatic carbocycles. The summed E-state index contributed by atoms with van der Waals surface area (Å²) in [5.74, 6) is 2.30. The summed E-state index contributed by atoms with van der Waals surface area (Å²) in [6.07, 6.45) is 0. The van der Waals surface area contributed by atoms with E-state index in [0.717, 1.165) is 33.0 Å². The van der Waals surface area contributed by atoms with Gasteiger partial charge in [-0.05, 0) is 66.6 Å². The van der Waals surface area contributed by atoms with E-state index in [-0.39, 0.29) is 5.41 Å². The third-order valence-corrected chi connectivity index (χ3v) is 10.4. The highest BCUT2D eigenvalue weighted by Crippen LogP contribution is 2.43. The van der Waals surface area contributed by atoms with Crippen molar-refractivity contribution in [3.05, 3.63) is 144 Å². The molecule has 39 heavy (non-hydrogen) atoms. The predicted octanol–water partition coefficient (Wildman–Crippen LogP) is 7.76. The number of hydrogen-bond acceptors (Lipinski definition) is 3. The highest BCUT2D eigenvalue weighted by molar-refractivity contribution is 7.85. The molecule has 0 saturated heterocycles. The van der Waals surface area contributed by atoms with Crippen molar-refractivity contribution in [1.29, 1.82) is 0 Å². The minimum atomic E-state index is -3.02. The molecule has 5 rings (SSSR count). The van der Waals surface area contributed by atoms with Gasteiger partial charge in [-0.1, -0.05) is 98.3 Å². The Morgan fingerprint density at radius 1 is 0.538 bits per heavy atom. The lowest BCUT2D eigenvalue weighted by Crippen LogP contribution is -2.24. The van der Waals surface area contributed by atoms with Crippen molar-refractivity contribution in [2.75, 3.05) is 7.11 Å². The van der Waals surface area contributed by atoms with Crippen LogP contribution in [0.25, 0.3) is 0 Å². The maximum absolute atomic E-state index is 14.6. The molecule has 0 N–H and O–H groups in total. The largest absolute Gasteiger partial charge is 0.497 e. The lowest BCUT2D eigenvalue weighted by atomic mass is 9.78. The summed E-state index contributed by atoms with van der Waals surface area (Å²) >= 11 is 0. The highest BCUT2D eigenvalue weighted by Gasteiger charge is 2.29. The maximum Gasteiger partial charge on any atom is 0.171 e. The van der Waals surface area contributed by atoms with Gasteiger partial charge in [-0.25, -0.2) is 0 Å². The Balaban J connectivity index is 1.38. The second-order valence-electron chi connectivity index (χ2n) is 10.3. The quantitative estimate of drug-likeness (QED) is 0.192. The van der Waals surface area contributed by atoms with E-state index >= 15 is 0 Å². The van der Waals surface area contributed by atoms with Crippen LogP contribution in [0.1, 0.15) is 30.5 Å². The third-order valence-electron chi connectivity index (χ3n) is 7.34. The van der Waals surface area contributed by atoms with E-state index in [9.17, 15) is 4.57 Å². The van der Waals surface area contributed by atoms with Gasteiger partial charge in [-0.3, -0.25) is 0 Å². The minimum absolute atomic E-state index is 0.166. The molecule has 0 saturated carbocycles. The number of benzene rings is 5. The molecule has 0 fully saturated rings. The summed E-state index contributed by atoms with van der Waals surface area (Å²) in [6, 6.07) is 41.7. The van der Waals surface area contributed by atoms with E-state index in [0.29, 0.717) is 5.75 Å². The second-order valence-corrected chi connectivity index (χ2v) is 13.0. The molecule has 0 aliphatic carbocycles. The Hall–Kier alpha value is -4.07. The summed E-state index contributed by atoms with van der Waals surface area (Å²) < 4.78 is 26.1. The summed E-state index contributed by atoms with van der Waals surface area (Å²) in [6.45, 7) is 6.46. The summed E-state index contributed by atoms with van der Waals surface area (Å²) in [5.41, 5.74) is 3.38. The van der Waals surface area contributed by atoms with Crippen LogP contribution in [0.5, 0.6) is 17.2 Å². The summed E-state index contributed by atoms with van der Waals surface area (Å²) in [4.78, 5) is 0. The number of rotatable bonds is 8. The average molecular weight is 533 g/mol. The number of aryl methyl sites for hydroxylation is 1. The highest BCUT2D eigenvalue weighted by atomic mass is 31.2. The van der Waals surface area contributed by atoms with Crippen molar-refractivity contribution in [2.24, 2.45) is 0 Å². The number of hydrogen-bond donors (Lipinski definition) is 0. The van der Waals surface area contributed by atoms with Crippen LogP contribution in [0, 0.1) is 6.92 Å². The molecule has 0 aromatic heterocycles. The molecule has 4 heteroatoms. The molecule has 0 spiro atoms. The average Bonchev–Trinajstić information content (AvgIpc) is 2.98. The van der Waals surface area contributed by atoms with Crippen molar-refractivity contribution in [2.45, 2.75) is 26.2 Å². The van der Waals surface area contributed by atoms with Crippen molar-refractivity contribution in [3.63, 3.8) is 0 Å². The molecule has 1 atom stereocenters. The van der Waals surface area contributed by atoms with E-state index < -0.39 is 7.14 Å². The van der Waals surface area contributed by atoms with Crippen LogP contribution in [0.3, 0.4) is 0 Å². The lowest BCUT2D eigenvalue weighted by Gasteiger charge is -2.26. The van der Waals surface area contributed by atoms with Gasteiger partial charge in [-0.15, -0.1) is 0 Å². The minimum Gasteiger partial charge on any atom is -0.497 e. The molecule has 0 radical (unpaired) electrons. The van der Waals surface area contributed by atoms with E-state index in [1.54, 1.807) is 7.11 Å². The molecule has 196 valence electrons. The first kappa shape index (κ1) is 26.5. The SMILES string of the molecule is COc1ccc(C(C)(C)c2ccc(Oc3ccc(P(=O)(c4ccccc4)c4ccc(C)cc4)cc3)cc2)cc1. The van der Waals surface area contributed by atoms with E-state index in [2.05, 4.69) is 38.1 Å². The standard InChI is InChI=1S/C35H33O3P/c1-26-10-22-33(23-11-26)39(36,32-8-6-5-7-9-32)34-24-20-31(21-25-34)38-30-18-14-28(15-19-30)35(2,3)27-12-16-29(37-4)17-13-27/h5-25H,1-4H3. The zero-order chi connectivity index (χ0) is 27.5.